The summed E-state index contributed by atoms with van der Waals surface area (Å²) in [6.45, 7) is 1.71. The predicted octanol–water partition coefficient (Wildman–Crippen LogP) is 3.52. The van der Waals surface area contributed by atoms with Crippen LogP contribution in [0.1, 0.15) is 28.4 Å². The van der Waals surface area contributed by atoms with Gasteiger partial charge in [0.15, 0.2) is 0 Å². The number of carbonyl (C=O) groups is 1. The number of halogens is 3. The molecule has 0 saturated heterocycles. The Kier molecular flexibility index (Phi) is 4.84. The van der Waals surface area contributed by atoms with Crippen molar-refractivity contribution < 1.29 is 22.7 Å². The van der Waals surface area contributed by atoms with E-state index in [-0.39, 0.29) is 27.8 Å². The molecule has 0 unspecified atom stereocenters. The number of hydrogen-bond acceptors (Lipinski definition) is 4. The standard InChI is InChI=1S/C12H10F3NO2S/c1-3-9-7(6-16)4-8(19-12(13,14)15)5-10(9)11(17)18-2/h4-5H,3H2,1-2H3. The number of nitrogens with zero attached hydrogens (tertiary/aromatic N) is 1. The van der Waals surface area contributed by atoms with Crippen LogP contribution < -0.4 is 0 Å². The quantitative estimate of drug-likeness (QED) is 0.631. The first-order chi connectivity index (χ1) is 8.82. The molecule has 0 amide bonds. The number of ether oxygens (including phenoxy) is 1. The molecular weight excluding hydrogens is 279 g/mol. The third-order valence-electron chi connectivity index (χ3n) is 2.34. The third-order valence-corrected chi connectivity index (χ3v) is 3.04. The van der Waals surface area contributed by atoms with Gasteiger partial charge in [0.2, 0.25) is 0 Å². The fourth-order valence-corrected chi connectivity index (χ4v) is 2.23. The van der Waals surface area contributed by atoms with Crippen LogP contribution in [0, 0.1) is 11.3 Å². The Morgan fingerprint density at radius 3 is 2.53 bits per heavy atom. The summed E-state index contributed by atoms with van der Waals surface area (Å²) in [5.74, 6) is -0.752. The van der Waals surface area contributed by atoms with Crippen molar-refractivity contribution in [1.82, 2.24) is 0 Å². The number of benzene rings is 1. The molecule has 0 aliphatic rings. The molecule has 0 aliphatic carbocycles. The maximum Gasteiger partial charge on any atom is 0.446 e. The van der Waals surface area contributed by atoms with E-state index < -0.39 is 11.5 Å². The van der Waals surface area contributed by atoms with Crippen LogP contribution in [0.4, 0.5) is 13.2 Å². The second kappa shape index (κ2) is 5.97. The Morgan fingerprint density at radius 1 is 1.47 bits per heavy atom. The highest BCUT2D eigenvalue weighted by Gasteiger charge is 2.30. The van der Waals surface area contributed by atoms with Crippen LogP contribution in [0.25, 0.3) is 0 Å². The Labute approximate surface area is 112 Å². The van der Waals surface area contributed by atoms with Gasteiger partial charge in [-0.2, -0.15) is 18.4 Å². The first-order valence-electron chi connectivity index (χ1n) is 5.23. The topological polar surface area (TPSA) is 50.1 Å². The van der Waals surface area contributed by atoms with Crippen molar-refractivity contribution in [3.8, 4) is 6.07 Å². The van der Waals surface area contributed by atoms with E-state index in [0.717, 1.165) is 19.2 Å². The molecule has 1 aromatic carbocycles. The van der Waals surface area contributed by atoms with Gasteiger partial charge in [-0.25, -0.2) is 4.79 Å². The average Bonchev–Trinajstić information content (AvgIpc) is 2.34. The number of thioether (sulfide) groups is 1. The van der Waals surface area contributed by atoms with Crippen LogP contribution in [0.15, 0.2) is 17.0 Å². The summed E-state index contributed by atoms with van der Waals surface area (Å²) < 4.78 is 41.5. The van der Waals surface area contributed by atoms with Gasteiger partial charge in [-0.1, -0.05) is 6.92 Å². The highest BCUT2D eigenvalue weighted by atomic mass is 32.2. The molecule has 1 rings (SSSR count). The van der Waals surface area contributed by atoms with Gasteiger partial charge in [-0.15, -0.1) is 0 Å². The van der Waals surface area contributed by atoms with Crippen LogP contribution >= 0.6 is 11.8 Å². The molecule has 0 aliphatic heterocycles. The van der Waals surface area contributed by atoms with Crippen LogP contribution in [-0.2, 0) is 11.2 Å². The fourth-order valence-electron chi connectivity index (χ4n) is 1.61. The van der Waals surface area contributed by atoms with Gasteiger partial charge in [-0.05, 0) is 35.9 Å². The molecule has 0 heterocycles. The zero-order valence-corrected chi connectivity index (χ0v) is 11.0. The minimum atomic E-state index is -4.48. The van der Waals surface area contributed by atoms with Crippen LogP contribution in [0.5, 0.6) is 0 Å². The van der Waals surface area contributed by atoms with E-state index in [1.807, 2.05) is 0 Å². The molecule has 3 nitrogen and oxygen atoms in total. The monoisotopic (exact) mass is 289 g/mol. The van der Waals surface area contributed by atoms with E-state index in [1.54, 1.807) is 13.0 Å². The minimum Gasteiger partial charge on any atom is -0.465 e. The van der Waals surface area contributed by atoms with Gasteiger partial charge in [0, 0.05) is 4.90 Å². The minimum absolute atomic E-state index is 0.00389. The molecule has 0 spiro atoms. The first-order valence-corrected chi connectivity index (χ1v) is 6.05. The highest BCUT2D eigenvalue weighted by Crippen LogP contribution is 2.38. The van der Waals surface area contributed by atoms with Gasteiger partial charge in [0.25, 0.3) is 0 Å². The number of esters is 1. The van der Waals surface area contributed by atoms with E-state index in [9.17, 15) is 18.0 Å². The summed E-state index contributed by atoms with van der Waals surface area (Å²) >= 11 is -0.367. The molecule has 0 radical (unpaired) electrons. The second-order valence-corrected chi connectivity index (χ2v) is 4.64. The summed E-state index contributed by atoms with van der Waals surface area (Å²) in [6.07, 6.45) is 0.351. The number of nitriles is 1. The molecule has 0 fully saturated rings. The van der Waals surface area contributed by atoms with E-state index in [4.69, 9.17) is 5.26 Å². The lowest BCUT2D eigenvalue weighted by atomic mass is 9.99. The molecule has 0 saturated carbocycles. The van der Waals surface area contributed by atoms with Gasteiger partial charge < -0.3 is 4.74 Å². The Balaban J connectivity index is 3.39. The van der Waals surface area contributed by atoms with Crippen molar-refractivity contribution >= 4 is 17.7 Å². The number of alkyl halides is 3. The second-order valence-electron chi connectivity index (χ2n) is 3.50. The normalized spacial score (nSPS) is 10.9. The lowest BCUT2D eigenvalue weighted by Crippen LogP contribution is -2.08. The smallest absolute Gasteiger partial charge is 0.446 e. The molecule has 19 heavy (non-hydrogen) atoms. The summed E-state index contributed by atoms with van der Waals surface area (Å²) in [6, 6.07) is 4.03. The molecule has 7 heteroatoms. The molecule has 1 aromatic rings. The number of hydrogen-bond donors (Lipinski definition) is 0. The first kappa shape index (κ1) is 15.4. The summed E-state index contributed by atoms with van der Waals surface area (Å²) in [4.78, 5) is 11.4. The van der Waals surface area contributed by atoms with Gasteiger partial charge in [0.05, 0.1) is 24.3 Å². The lowest BCUT2D eigenvalue weighted by molar-refractivity contribution is -0.0328. The van der Waals surface area contributed by atoms with E-state index in [2.05, 4.69) is 4.74 Å². The largest absolute Gasteiger partial charge is 0.465 e. The Morgan fingerprint density at radius 2 is 2.11 bits per heavy atom. The SMILES string of the molecule is CCc1c(C#N)cc(SC(F)(F)F)cc1C(=O)OC. The number of carbonyl (C=O) groups excluding carboxylic acids is 1. The fraction of sp³-hybridized carbons (Fsp3) is 0.333. The maximum atomic E-state index is 12.3. The molecule has 102 valence electrons. The Hall–Kier alpha value is -1.68. The lowest BCUT2D eigenvalue weighted by Gasteiger charge is -2.12. The van der Waals surface area contributed by atoms with Crippen molar-refractivity contribution in [1.29, 1.82) is 5.26 Å². The Bertz CT molecular complexity index is 535. The molecule has 0 aromatic heterocycles. The summed E-state index contributed by atoms with van der Waals surface area (Å²) in [7, 11) is 1.14. The average molecular weight is 289 g/mol. The highest BCUT2D eigenvalue weighted by molar-refractivity contribution is 8.00. The van der Waals surface area contributed by atoms with E-state index >= 15 is 0 Å². The van der Waals surface area contributed by atoms with Crippen molar-refractivity contribution in [2.45, 2.75) is 23.7 Å². The van der Waals surface area contributed by atoms with Crippen LogP contribution in [0.2, 0.25) is 0 Å². The van der Waals surface area contributed by atoms with Crippen molar-refractivity contribution in [3.05, 3.63) is 28.8 Å². The van der Waals surface area contributed by atoms with E-state index in [1.165, 1.54) is 0 Å². The molecule has 0 N–H and O–H groups in total. The van der Waals surface area contributed by atoms with Crippen molar-refractivity contribution in [3.63, 3.8) is 0 Å². The number of rotatable bonds is 3. The predicted molar refractivity (Wildman–Crippen MR) is 63.8 cm³/mol. The number of methoxy groups -OCH3 is 1. The van der Waals surface area contributed by atoms with Gasteiger partial charge in [0.1, 0.15) is 0 Å². The van der Waals surface area contributed by atoms with Crippen LogP contribution in [0.3, 0.4) is 0 Å². The zero-order chi connectivity index (χ0) is 14.6. The molecule has 0 bridgehead atoms. The molecular formula is C12H10F3NO2S. The van der Waals surface area contributed by atoms with Gasteiger partial charge >= 0.3 is 11.5 Å². The summed E-state index contributed by atoms with van der Waals surface area (Å²) in [5, 5.41) is 8.96. The third kappa shape index (κ3) is 3.89. The molecule has 0 atom stereocenters. The van der Waals surface area contributed by atoms with E-state index in [0.29, 0.717) is 12.0 Å². The summed E-state index contributed by atoms with van der Waals surface area (Å²) in [5.41, 5.74) is -4.04. The van der Waals surface area contributed by atoms with Crippen molar-refractivity contribution in [2.75, 3.05) is 7.11 Å². The van der Waals surface area contributed by atoms with Gasteiger partial charge in [-0.3, -0.25) is 0 Å². The van der Waals surface area contributed by atoms with Crippen molar-refractivity contribution in [2.24, 2.45) is 0 Å². The maximum absolute atomic E-state index is 12.3. The zero-order valence-electron chi connectivity index (χ0n) is 10.2. The van der Waals surface area contributed by atoms with Crippen LogP contribution in [-0.4, -0.2) is 18.6 Å².